The van der Waals surface area contributed by atoms with Crippen LogP contribution in [0.2, 0.25) is 0 Å². The maximum atomic E-state index is 9.89. The van der Waals surface area contributed by atoms with Crippen LogP contribution in [0.4, 0.5) is 0 Å². The summed E-state index contributed by atoms with van der Waals surface area (Å²) in [6, 6.07) is 4.83. The molecule has 3 atom stereocenters. The van der Waals surface area contributed by atoms with Crippen molar-refractivity contribution in [1.29, 1.82) is 0 Å². The Morgan fingerprint density at radius 3 is 2.64 bits per heavy atom. The number of likely N-dealkylation sites (tertiary alicyclic amines) is 1. The maximum Gasteiger partial charge on any atom is 0.121 e. The SMILES string of the molecule is Cc1cc(CCN[C@@H]2CCN(C[C@@H]3CCCO3)C[C@H]2C)cc(C)c1O. The molecule has 0 amide bonds. The van der Waals surface area contributed by atoms with Crippen LogP contribution in [0.25, 0.3) is 0 Å². The second-order valence-corrected chi connectivity index (χ2v) is 8.05. The molecule has 25 heavy (non-hydrogen) atoms. The number of phenolic OH excluding ortho intramolecular Hbond substituents is 1. The average Bonchev–Trinajstić information content (AvgIpc) is 3.07. The minimum absolute atomic E-state index is 0.434. The van der Waals surface area contributed by atoms with E-state index in [9.17, 15) is 5.11 Å². The molecule has 0 radical (unpaired) electrons. The smallest absolute Gasteiger partial charge is 0.121 e. The van der Waals surface area contributed by atoms with Gasteiger partial charge in [0.2, 0.25) is 0 Å². The van der Waals surface area contributed by atoms with Gasteiger partial charge in [-0.2, -0.15) is 0 Å². The summed E-state index contributed by atoms with van der Waals surface area (Å²) in [6.45, 7) is 11.8. The molecule has 0 aromatic heterocycles. The van der Waals surface area contributed by atoms with E-state index in [2.05, 4.69) is 29.3 Å². The van der Waals surface area contributed by atoms with E-state index in [0.29, 0.717) is 23.8 Å². The van der Waals surface area contributed by atoms with E-state index in [0.717, 1.165) is 37.2 Å². The standard InChI is InChI=1S/C21H34N2O2/c1-15-11-18(12-16(2)21(15)24)6-8-22-20-7-9-23(13-17(20)3)14-19-5-4-10-25-19/h11-12,17,19-20,22,24H,4-10,13-14H2,1-3H3/t17-,19+,20-/m1/s1. The van der Waals surface area contributed by atoms with Gasteiger partial charge < -0.3 is 20.1 Å². The van der Waals surface area contributed by atoms with Gasteiger partial charge in [-0.25, -0.2) is 0 Å². The summed E-state index contributed by atoms with van der Waals surface area (Å²) < 4.78 is 5.78. The molecule has 2 N–H and O–H groups in total. The van der Waals surface area contributed by atoms with Crippen LogP contribution in [-0.4, -0.2) is 54.9 Å². The lowest BCUT2D eigenvalue weighted by Crippen LogP contribution is -2.50. The van der Waals surface area contributed by atoms with Gasteiger partial charge in [-0.3, -0.25) is 0 Å². The van der Waals surface area contributed by atoms with E-state index in [1.165, 1.54) is 37.9 Å². The highest BCUT2D eigenvalue weighted by Crippen LogP contribution is 2.23. The highest BCUT2D eigenvalue weighted by Gasteiger charge is 2.28. The van der Waals surface area contributed by atoms with Crippen LogP contribution in [0, 0.1) is 19.8 Å². The van der Waals surface area contributed by atoms with E-state index in [-0.39, 0.29) is 0 Å². The largest absolute Gasteiger partial charge is 0.507 e. The van der Waals surface area contributed by atoms with Crippen LogP contribution in [0.3, 0.4) is 0 Å². The number of nitrogens with one attached hydrogen (secondary N) is 1. The molecule has 0 saturated carbocycles. The van der Waals surface area contributed by atoms with Crippen LogP contribution >= 0.6 is 0 Å². The van der Waals surface area contributed by atoms with Crippen molar-refractivity contribution >= 4 is 0 Å². The molecule has 2 fully saturated rings. The first-order chi connectivity index (χ1) is 12.0. The summed E-state index contributed by atoms with van der Waals surface area (Å²) in [4.78, 5) is 2.59. The molecule has 2 saturated heterocycles. The first kappa shape index (κ1) is 18.7. The molecule has 4 heteroatoms. The second kappa shape index (κ2) is 8.52. The van der Waals surface area contributed by atoms with Crippen LogP contribution in [0.15, 0.2) is 12.1 Å². The van der Waals surface area contributed by atoms with Gasteiger partial charge in [0.15, 0.2) is 0 Å². The number of piperidine rings is 1. The molecule has 2 heterocycles. The van der Waals surface area contributed by atoms with E-state index in [1.807, 2.05) is 13.8 Å². The Bertz CT molecular complexity index is 546. The lowest BCUT2D eigenvalue weighted by atomic mass is 9.93. The minimum Gasteiger partial charge on any atom is -0.507 e. The van der Waals surface area contributed by atoms with Gasteiger partial charge in [0, 0.05) is 25.7 Å². The van der Waals surface area contributed by atoms with Crippen LogP contribution in [0.1, 0.15) is 42.9 Å². The molecule has 2 aliphatic rings. The predicted molar refractivity (Wildman–Crippen MR) is 102 cm³/mol. The normalized spacial score (nSPS) is 27.7. The Balaban J connectivity index is 1.42. The van der Waals surface area contributed by atoms with Gasteiger partial charge in [-0.15, -0.1) is 0 Å². The Kier molecular flexibility index (Phi) is 6.37. The van der Waals surface area contributed by atoms with E-state index in [4.69, 9.17) is 4.74 Å². The van der Waals surface area contributed by atoms with Crippen molar-refractivity contribution in [2.75, 3.05) is 32.8 Å². The Labute approximate surface area is 152 Å². The van der Waals surface area contributed by atoms with Crippen molar-refractivity contribution in [1.82, 2.24) is 10.2 Å². The monoisotopic (exact) mass is 346 g/mol. The molecule has 2 aliphatic heterocycles. The van der Waals surface area contributed by atoms with Crippen molar-refractivity contribution in [2.24, 2.45) is 5.92 Å². The van der Waals surface area contributed by atoms with E-state index < -0.39 is 0 Å². The van der Waals surface area contributed by atoms with Gasteiger partial charge >= 0.3 is 0 Å². The van der Waals surface area contributed by atoms with Gasteiger partial charge in [0.1, 0.15) is 5.75 Å². The quantitative estimate of drug-likeness (QED) is 0.831. The summed E-state index contributed by atoms with van der Waals surface area (Å²) in [5.74, 6) is 1.11. The van der Waals surface area contributed by atoms with Crippen molar-refractivity contribution in [3.8, 4) is 5.75 Å². The predicted octanol–water partition coefficient (Wildman–Crippen LogP) is 3.03. The van der Waals surface area contributed by atoms with Gasteiger partial charge in [0.25, 0.3) is 0 Å². The van der Waals surface area contributed by atoms with Gasteiger partial charge in [0.05, 0.1) is 6.10 Å². The van der Waals surface area contributed by atoms with E-state index in [1.54, 1.807) is 0 Å². The molecule has 1 aromatic rings. The summed E-state index contributed by atoms with van der Waals surface area (Å²) >= 11 is 0. The number of nitrogens with zero attached hydrogens (tertiary/aromatic N) is 1. The minimum atomic E-state index is 0.434. The third kappa shape index (κ3) is 4.96. The number of hydrogen-bond donors (Lipinski definition) is 2. The topological polar surface area (TPSA) is 44.7 Å². The van der Waals surface area contributed by atoms with Crippen LogP contribution in [-0.2, 0) is 11.2 Å². The van der Waals surface area contributed by atoms with Crippen molar-refractivity contribution in [3.63, 3.8) is 0 Å². The summed E-state index contributed by atoms with van der Waals surface area (Å²) in [6.07, 6.45) is 5.18. The fourth-order valence-corrected chi connectivity index (χ4v) is 4.37. The number of hydrogen-bond acceptors (Lipinski definition) is 4. The lowest BCUT2D eigenvalue weighted by Gasteiger charge is -2.38. The molecule has 0 aliphatic carbocycles. The highest BCUT2D eigenvalue weighted by atomic mass is 16.5. The Morgan fingerprint density at radius 1 is 1.24 bits per heavy atom. The fourth-order valence-electron chi connectivity index (χ4n) is 4.37. The molecule has 4 nitrogen and oxygen atoms in total. The Morgan fingerprint density at radius 2 is 2.00 bits per heavy atom. The van der Waals surface area contributed by atoms with E-state index >= 15 is 0 Å². The fraction of sp³-hybridized carbons (Fsp3) is 0.714. The molecule has 0 spiro atoms. The number of aryl methyl sites for hydroxylation is 2. The third-order valence-corrected chi connectivity index (χ3v) is 5.85. The number of benzene rings is 1. The van der Waals surface area contributed by atoms with Crippen LogP contribution in [0.5, 0.6) is 5.75 Å². The zero-order valence-corrected chi connectivity index (χ0v) is 16.1. The third-order valence-electron chi connectivity index (χ3n) is 5.85. The second-order valence-electron chi connectivity index (χ2n) is 8.05. The van der Waals surface area contributed by atoms with Crippen molar-refractivity contribution < 1.29 is 9.84 Å². The van der Waals surface area contributed by atoms with Crippen molar-refractivity contribution in [2.45, 2.75) is 58.6 Å². The van der Waals surface area contributed by atoms with Gasteiger partial charge in [-0.1, -0.05) is 19.1 Å². The first-order valence-corrected chi connectivity index (χ1v) is 9.89. The first-order valence-electron chi connectivity index (χ1n) is 9.89. The average molecular weight is 347 g/mol. The zero-order chi connectivity index (χ0) is 17.8. The van der Waals surface area contributed by atoms with Gasteiger partial charge in [-0.05, 0) is 75.2 Å². The number of ether oxygens (including phenoxy) is 1. The molecule has 0 unspecified atom stereocenters. The molecule has 3 rings (SSSR count). The van der Waals surface area contributed by atoms with Crippen molar-refractivity contribution in [3.05, 3.63) is 28.8 Å². The molecule has 140 valence electrons. The molecular weight excluding hydrogens is 312 g/mol. The van der Waals surface area contributed by atoms with Crippen LogP contribution < -0.4 is 5.32 Å². The maximum absolute atomic E-state index is 9.89. The summed E-state index contributed by atoms with van der Waals surface area (Å²) in [5.41, 5.74) is 3.26. The molecule has 0 bridgehead atoms. The number of phenols is 1. The lowest BCUT2D eigenvalue weighted by molar-refractivity contribution is 0.0514. The highest BCUT2D eigenvalue weighted by molar-refractivity contribution is 5.42. The molecule has 1 aromatic carbocycles. The zero-order valence-electron chi connectivity index (χ0n) is 16.1. The number of aromatic hydroxyl groups is 1. The molecular formula is C21H34N2O2. The Hall–Kier alpha value is -1.10. The summed E-state index contributed by atoms with van der Waals surface area (Å²) in [5, 5.41) is 13.7. The number of rotatable bonds is 6. The summed E-state index contributed by atoms with van der Waals surface area (Å²) in [7, 11) is 0.